The van der Waals surface area contributed by atoms with Gasteiger partial charge in [-0.05, 0) is 60.4 Å². The lowest BCUT2D eigenvalue weighted by Crippen LogP contribution is -2.32. The van der Waals surface area contributed by atoms with Crippen molar-refractivity contribution in [2.75, 3.05) is 28.4 Å². The standard InChI is InChI=1S/C21H21NO7.C15H18O6/c1-4-6-14-8-9-16(17(11-14)26-2)28-19(23)12-18(21(25)27-3)29-20(24)15-7-5-10-22-13-15;1-4-5-10-6-7-12(13(8-10)19-2)21-14(17)9-11(16)15(18)20-3/h4-5,7-11,13,18H,1,6,12H2,2-3H3;4,6-8,11,16H,1,5,9H2,2-3H3/t18-;11-/m00/s1. The number of rotatable bonds is 16. The fraction of sp³-hybridized carbons (Fsp3) is 0.278. The maximum atomic E-state index is 12.3. The lowest BCUT2D eigenvalue weighted by atomic mass is 10.1. The third-order valence-electron chi connectivity index (χ3n) is 6.46. The summed E-state index contributed by atoms with van der Waals surface area (Å²) in [5.74, 6) is -3.02. The van der Waals surface area contributed by atoms with E-state index >= 15 is 0 Å². The van der Waals surface area contributed by atoms with E-state index in [1.165, 1.54) is 32.7 Å². The Labute approximate surface area is 289 Å². The van der Waals surface area contributed by atoms with Crippen molar-refractivity contribution in [2.45, 2.75) is 37.9 Å². The van der Waals surface area contributed by atoms with Crippen LogP contribution >= 0.6 is 0 Å². The molecule has 0 aliphatic carbocycles. The van der Waals surface area contributed by atoms with Crippen LogP contribution in [0.4, 0.5) is 0 Å². The number of pyridine rings is 1. The number of aromatic nitrogens is 1. The summed E-state index contributed by atoms with van der Waals surface area (Å²) in [6.07, 6.45) is 3.49. The van der Waals surface area contributed by atoms with Crippen molar-refractivity contribution in [3.05, 3.63) is 103 Å². The summed E-state index contributed by atoms with van der Waals surface area (Å²) in [6, 6.07) is 13.1. The van der Waals surface area contributed by atoms with Crippen LogP contribution in [-0.4, -0.2) is 80.6 Å². The number of allylic oxidation sites excluding steroid dienone is 2. The molecule has 0 fully saturated rings. The third-order valence-corrected chi connectivity index (χ3v) is 6.46. The highest BCUT2D eigenvalue weighted by Crippen LogP contribution is 2.30. The highest BCUT2D eigenvalue weighted by Gasteiger charge is 2.29. The van der Waals surface area contributed by atoms with Crippen molar-refractivity contribution in [3.8, 4) is 23.0 Å². The second-order valence-electron chi connectivity index (χ2n) is 10.0. The number of aliphatic hydroxyl groups is 1. The van der Waals surface area contributed by atoms with Gasteiger partial charge in [0, 0.05) is 12.4 Å². The van der Waals surface area contributed by atoms with E-state index < -0.39 is 54.9 Å². The van der Waals surface area contributed by atoms with Gasteiger partial charge in [-0.15, -0.1) is 13.2 Å². The van der Waals surface area contributed by atoms with E-state index in [1.807, 2.05) is 0 Å². The molecule has 14 nitrogen and oxygen atoms in total. The molecular weight excluding hydrogens is 654 g/mol. The third kappa shape index (κ3) is 12.9. The lowest BCUT2D eigenvalue weighted by Gasteiger charge is -2.16. The summed E-state index contributed by atoms with van der Waals surface area (Å²) in [6.45, 7) is 7.31. The number of methoxy groups -OCH3 is 4. The van der Waals surface area contributed by atoms with Crippen LogP contribution in [0.1, 0.15) is 34.3 Å². The molecule has 0 spiro atoms. The first-order chi connectivity index (χ1) is 24.0. The number of esters is 5. The normalized spacial score (nSPS) is 11.2. The van der Waals surface area contributed by atoms with Crippen molar-refractivity contribution < 1.29 is 62.2 Å². The number of hydrogen-bond acceptors (Lipinski definition) is 14. The number of hydrogen-bond donors (Lipinski definition) is 1. The molecule has 50 heavy (non-hydrogen) atoms. The van der Waals surface area contributed by atoms with Crippen molar-refractivity contribution in [3.63, 3.8) is 0 Å². The lowest BCUT2D eigenvalue weighted by molar-refractivity contribution is -0.155. The Kier molecular flexibility index (Phi) is 16.9. The maximum Gasteiger partial charge on any atom is 0.347 e. The highest BCUT2D eigenvalue weighted by molar-refractivity contribution is 5.92. The van der Waals surface area contributed by atoms with Crippen LogP contribution in [0.5, 0.6) is 23.0 Å². The Balaban J connectivity index is 0.000000366. The van der Waals surface area contributed by atoms with Gasteiger partial charge >= 0.3 is 29.8 Å². The summed E-state index contributed by atoms with van der Waals surface area (Å²) in [5, 5.41) is 9.39. The molecule has 0 unspecified atom stereocenters. The van der Waals surface area contributed by atoms with Gasteiger partial charge in [-0.25, -0.2) is 14.4 Å². The van der Waals surface area contributed by atoms with Crippen LogP contribution in [0.25, 0.3) is 0 Å². The Morgan fingerprint density at radius 3 is 1.70 bits per heavy atom. The molecule has 14 heteroatoms. The van der Waals surface area contributed by atoms with Crippen LogP contribution in [-0.2, 0) is 46.2 Å². The molecular formula is C36H39NO13. The van der Waals surface area contributed by atoms with Gasteiger partial charge < -0.3 is 38.3 Å². The van der Waals surface area contributed by atoms with Gasteiger partial charge in [-0.3, -0.25) is 14.6 Å². The maximum absolute atomic E-state index is 12.3. The summed E-state index contributed by atoms with van der Waals surface area (Å²) >= 11 is 0. The van der Waals surface area contributed by atoms with Gasteiger partial charge in [-0.2, -0.15) is 0 Å². The molecule has 1 heterocycles. The van der Waals surface area contributed by atoms with E-state index in [0.717, 1.165) is 25.3 Å². The van der Waals surface area contributed by atoms with Crippen molar-refractivity contribution in [1.29, 1.82) is 0 Å². The topological polar surface area (TPSA) is 183 Å². The SMILES string of the molecule is C=CCc1ccc(OC(=O)C[C@H](O)C(=O)OC)c(OC)c1.C=CCc1ccc(OC(=O)C[C@H](OC(=O)c2cccnc2)C(=O)OC)c(OC)c1. The molecule has 0 radical (unpaired) electrons. The van der Waals surface area contributed by atoms with Crippen molar-refractivity contribution in [1.82, 2.24) is 4.98 Å². The van der Waals surface area contributed by atoms with Crippen LogP contribution in [0.2, 0.25) is 0 Å². The molecule has 0 amide bonds. The number of ether oxygens (including phenoxy) is 7. The van der Waals surface area contributed by atoms with E-state index in [9.17, 15) is 29.1 Å². The molecule has 1 aromatic heterocycles. The molecule has 266 valence electrons. The summed E-state index contributed by atoms with van der Waals surface area (Å²) in [5.41, 5.74) is 2.01. The Morgan fingerprint density at radius 1 is 0.740 bits per heavy atom. The van der Waals surface area contributed by atoms with E-state index in [1.54, 1.807) is 54.6 Å². The van der Waals surface area contributed by atoms with Crippen LogP contribution < -0.4 is 18.9 Å². The van der Waals surface area contributed by atoms with E-state index in [0.29, 0.717) is 24.3 Å². The highest BCUT2D eigenvalue weighted by atomic mass is 16.6. The van der Waals surface area contributed by atoms with Gasteiger partial charge in [0.05, 0.1) is 46.8 Å². The molecule has 3 rings (SSSR count). The molecule has 2 atom stereocenters. The monoisotopic (exact) mass is 693 g/mol. The predicted molar refractivity (Wildman–Crippen MR) is 178 cm³/mol. The number of aliphatic hydroxyl groups excluding tert-OH is 1. The zero-order valence-corrected chi connectivity index (χ0v) is 28.1. The van der Waals surface area contributed by atoms with Gasteiger partial charge in [0.2, 0.25) is 6.10 Å². The number of benzene rings is 2. The molecule has 2 aromatic carbocycles. The van der Waals surface area contributed by atoms with Crippen LogP contribution in [0, 0.1) is 0 Å². The van der Waals surface area contributed by atoms with Gasteiger partial charge in [0.25, 0.3) is 0 Å². The zero-order valence-electron chi connectivity index (χ0n) is 28.1. The second-order valence-corrected chi connectivity index (χ2v) is 10.0. The molecule has 0 saturated heterocycles. The van der Waals surface area contributed by atoms with Gasteiger partial charge in [0.1, 0.15) is 0 Å². The number of carbonyl (C=O) groups excluding carboxylic acids is 5. The van der Waals surface area contributed by atoms with Crippen molar-refractivity contribution in [2.24, 2.45) is 0 Å². The van der Waals surface area contributed by atoms with E-state index in [-0.39, 0.29) is 17.1 Å². The minimum absolute atomic E-state index is 0.134. The van der Waals surface area contributed by atoms with E-state index in [2.05, 4.69) is 27.6 Å². The average molecular weight is 694 g/mol. The molecule has 0 bridgehead atoms. The fourth-order valence-corrected chi connectivity index (χ4v) is 4.02. The number of carbonyl (C=O) groups is 5. The first kappa shape index (κ1) is 40.2. The predicted octanol–water partition coefficient (Wildman–Crippen LogP) is 3.77. The second kappa shape index (κ2) is 21.1. The average Bonchev–Trinajstić information content (AvgIpc) is 3.12. The smallest absolute Gasteiger partial charge is 0.347 e. The van der Waals surface area contributed by atoms with Crippen LogP contribution in [0.3, 0.4) is 0 Å². The van der Waals surface area contributed by atoms with Gasteiger partial charge in [-0.1, -0.05) is 24.3 Å². The summed E-state index contributed by atoms with van der Waals surface area (Å²) in [7, 11) is 5.14. The quantitative estimate of drug-likeness (QED) is 0.0990. The largest absolute Gasteiger partial charge is 0.493 e. The Morgan fingerprint density at radius 2 is 1.26 bits per heavy atom. The zero-order chi connectivity index (χ0) is 37.1. The molecule has 1 N–H and O–H groups in total. The minimum atomic E-state index is -1.55. The summed E-state index contributed by atoms with van der Waals surface area (Å²) < 4.78 is 34.8. The minimum Gasteiger partial charge on any atom is -0.493 e. The first-order valence-corrected chi connectivity index (χ1v) is 14.9. The summed E-state index contributed by atoms with van der Waals surface area (Å²) in [4.78, 5) is 62.9. The van der Waals surface area contributed by atoms with E-state index in [4.69, 9.17) is 23.7 Å². The van der Waals surface area contributed by atoms with Gasteiger partial charge in [0.15, 0.2) is 29.1 Å². The molecule has 3 aromatic rings. The molecule has 0 aliphatic heterocycles. The first-order valence-electron chi connectivity index (χ1n) is 14.9. The Hall–Kier alpha value is -6.02. The number of nitrogens with zero attached hydrogens (tertiary/aromatic N) is 1. The molecule has 0 saturated carbocycles. The van der Waals surface area contributed by atoms with Crippen molar-refractivity contribution >= 4 is 29.8 Å². The molecule has 0 aliphatic rings. The fourth-order valence-electron chi connectivity index (χ4n) is 4.02. The van der Waals surface area contributed by atoms with Crippen LogP contribution in [0.15, 0.2) is 86.2 Å². The Bertz CT molecular complexity index is 1640.